The van der Waals surface area contributed by atoms with Gasteiger partial charge in [-0.3, -0.25) is 4.79 Å². The van der Waals surface area contributed by atoms with E-state index >= 15 is 0 Å². The third-order valence-electron chi connectivity index (χ3n) is 1.88. The van der Waals surface area contributed by atoms with Gasteiger partial charge in [-0.15, -0.1) is 0 Å². The zero-order valence-electron chi connectivity index (χ0n) is 8.83. The van der Waals surface area contributed by atoms with Gasteiger partial charge in [0.2, 0.25) is 5.91 Å². The van der Waals surface area contributed by atoms with Crippen molar-refractivity contribution in [2.24, 2.45) is 5.73 Å². The van der Waals surface area contributed by atoms with Gasteiger partial charge in [0.25, 0.3) is 0 Å². The van der Waals surface area contributed by atoms with Gasteiger partial charge in [0.15, 0.2) is 0 Å². The molecule has 1 aromatic carbocycles. The molecule has 0 saturated heterocycles. The molecule has 0 aromatic heterocycles. The van der Waals surface area contributed by atoms with E-state index in [1.807, 2.05) is 6.07 Å². The Kier molecular flexibility index (Phi) is 4.29. The van der Waals surface area contributed by atoms with Crippen LogP contribution in [0.4, 0.5) is 5.69 Å². The molecule has 0 radical (unpaired) electrons. The molecule has 16 heavy (non-hydrogen) atoms. The lowest BCUT2D eigenvalue weighted by Gasteiger charge is -2.07. The van der Waals surface area contributed by atoms with Crippen LogP contribution in [0.15, 0.2) is 18.2 Å². The minimum Gasteiger partial charge on any atom is -0.327 e. The van der Waals surface area contributed by atoms with Crippen LogP contribution in [-0.4, -0.2) is 11.9 Å². The number of carbonyl (C=O) groups is 1. The Balaban J connectivity index is 2.76. The highest BCUT2D eigenvalue weighted by Gasteiger charge is 2.07. The Hall–Kier alpha value is -1.57. The second-order valence-corrected chi connectivity index (χ2v) is 3.94. The minimum absolute atomic E-state index is 0.179. The number of nitriles is 1. The number of halogens is 1. The largest absolute Gasteiger partial charge is 0.327 e. The molecule has 0 aliphatic rings. The maximum absolute atomic E-state index is 11.4. The second kappa shape index (κ2) is 5.50. The Labute approximate surface area is 99.0 Å². The lowest BCUT2D eigenvalue weighted by atomic mass is 10.2. The molecular weight excluding hydrogens is 226 g/mol. The monoisotopic (exact) mass is 237 g/mol. The fourth-order valence-corrected chi connectivity index (χ4v) is 1.35. The number of hydrogen-bond acceptors (Lipinski definition) is 3. The van der Waals surface area contributed by atoms with E-state index in [1.54, 1.807) is 19.1 Å². The zero-order chi connectivity index (χ0) is 12.1. The Morgan fingerprint density at radius 1 is 1.69 bits per heavy atom. The van der Waals surface area contributed by atoms with Gasteiger partial charge in [0.1, 0.15) is 6.07 Å². The van der Waals surface area contributed by atoms with Crippen molar-refractivity contribution < 1.29 is 4.79 Å². The summed E-state index contributed by atoms with van der Waals surface area (Å²) in [5, 5.41) is 11.8. The highest BCUT2D eigenvalue weighted by molar-refractivity contribution is 6.31. The average molecular weight is 238 g/mol. The van der Waals surface area contributed by atoms with Gasteiger partial charge in [0, 0.05) is 18.2 Å². The van der Waals surface area contributed by atoms with Gasteiger partial charge in [-0.25, -0.2) is 0 Å². The summed E-state index contributed by atoms with van der Waals surface area (Å²) in [4.78, 5) is 11.4. The van der Waals surface area contributed by atoms with Gasteiger partial charge >= 0.3 is 0 Å². The summed E-state index contributed by atoms with van der Waals surface area (Å²) in [5.74, 6) is -0.179. The first-order chi connectivity index (χ1) is 7.52. The fourth-order valence-electron chi connectivity index (χ4n) is 1.19. The number of carbonyl (C=O) groups excluding carboxylic acids is 1. The number of hydrogen-bond donors (Lipinski definition) is 2. The van der Waals surface area contributed by atoms with E-state index in [2.05, 4.69) is 5.32 Å². The summed E-state index contributed by atoms with van der Waals surface area (Å²) in [6.07, 6.45) is 0.241. The van der Waals surface area contributed by atoms with Crippen molar-refractivity contribution in [3.63, 3.8) is 0 Å². The third-order valence-corrected chi connectivity index (χ3v) is 2.21. The quantitative estimate of drug-likeness (QED) is 0.843. The molecule has 4 nitrogen and oxygen atoms in total. The molecule has 1 amide bonds. The molecule has 0 bridgehead atoms. The van der Waals surface area contributed by atoms with Crippen LogP contribution < -0.4 is 11.1 Å². The summed E-state index contributed by atoms with van der Waals surface area (Å²) < 4.78 is 0. The molecular formula is C11H12ClN3O. The highest BCUT2D eigenvalue weighted by Crippen LogP contribution is 2.19. The van der Waals surface area contributed by atoms with Crippen molar-refractivity contribution in [3.05, 3.63) is 28.8 Å². The second-order valence-electron chi connectivity index (χ2n) is 3.54. The van der Waals surface area contributed by atoms with Crippen LogP contribution in [0.3, 0.4) is 0 Å². The predicted molar refractivity (Wildman–Crippen MR) is 63.1 cm³/mol. The van der Waals surface area contributed by atoms with Gasteiger partial charge in [0.05, 0.1) is 10.6 Å². The van der Waals surface area contributed by atoms with Crippen molar-refractivity contribution in [1.29, 1.82) is 5.26 Å². The number of nitrogens with one attached hydrogen (secondary N) is 1. The highest BCUT2D eigenvalue weighted by atomic mass is 35.5. The van der Waals surface area contributed by atoms with E-state index in [1.165, 1.54) is 6.07 Å². The van der Waals surface area contributed by atoms with Crippen LogP contribution in [0.1, 0.15) is 18.9 Å². The number of nitrogens with two attached hydrogens (primary N) is 1. The maximum atomic E-state index is 11.4. The number of anilines is 1. The summed E-state index contributed by atoms with van der Waals surface area (Å²) in [6, 6.07) is 6.49. The molecule has 84 valence electrons. The van der Waals surface area contributed by atoms with E-state index in [-0.39, 0.29) is 18.4 Å². The van der Waals surface area contributed by atoms with Crippen LogP contribution in [0.5, 0.6) is 0 Å². The predicted octanol–water partition coefficient (Wildman–Crippen LogP) is 1.89. The molecule has 1 rings (SSSR count). The molecule has 1 aromatic rings. The summed E-state index contributed by atoms with van der Waals surface area (Å²) in [5.41, 5.74) is 6.37. The van der Waals surface area contributed by atoms with Crippen LogP contribution >= 0.6 is 11.6 Å². The van der Waals surface area contributed by atoms with Crippen molar-refractivity contribution in [2.75, 3.05) is 5.32 Å². The standard InChI is InChI=1S/C11H12ClN3O/c1-7(14)4-11(16)15-9-2-3-10(12)8(5-9)6-13/h2-3,5,7H,4,14H2,1H3,(H,15,16). The first-order valence-corrected chi connectivity index (χ1v) is 5.16. The summed E-state index contributed by atoms with van der Waals surface area (Å²) >= 11 is 5.76. The minimum atomic E-state index is -0.192. The van der Waals surface area contributed by atoms with Gasteiger partial charge < -0.3 is 11.1 Å². The van der Waals surface area contributed by atoms with Gasteiger partial charge in [-0.1, -0.05) is 11.6 Å². The van der Waals surface area contributed by atoms with Crippen LogP contribution in [0.25, 0.3) is 0 Å². The molecule has 0 aliphatic carbocycles. The van der Waals surface area contributed by atoms with E-state index in [0.717, 1.165) is 0 Å². The normalized spacial score (nSPS) is 11.6. The molecule has 0 fully saturated rings. The summed E-state index contributed by atoms with van der Waals surface area (Å²) in [7, 11) is 0. The molecule has 0 saturated carbocycles. The van der Waals surface area contributed by atoms with Crippen molar-refractivity contribution in [1.82, 2.24) is 0 Å². The number of rotatable bonds is 3. The Morgan fingerprint density at radius 2 is 2.38 bits per heavy atom. The molecule has 0 heterocycles. The van der Waals surface area contributed by atoms with Gasteiger partial charge in [-0.05, 0) is 25.1 Å². The van der Waals surface area contributed by atoms with Crippen LogP contribution in [0.2, 0.25) is 5.02 Å². The molecule has 1 atom stereocenters. The number of benzene rings is 1. The van der Waals surface area contributed by atoms with Crippen molar-refractivity contribution in [3.8, 4) is 6.07 Å². The lowest BCUT2D eigenvalue weighted by Crippen LogP contribution is -2.23. The zero-order valence-corrected chi connectivity index (χ0v) is 9.58. The fraction of sp³-hybridized carbons (Fsp3) is 0.273. The molecule has 0 spiro atoms. The van der Waals surface area contributed by atoms with E-state index in [0.29, 0.717) is 16.3 Å². The number of nitrogens with zero attached hydrogens (tertiary/aromatic N) is 1. The van der Waals surface area contributed by atoms with Crippen LogP contribution in [0, 0.1) is 11.3 Å². The topological polar surface area (TPSA) is 78.9 Å². The third kappa shape index (κ3) is 3.54. The summed E-state index contributed by atoms with van der Waals surface area (Å²) in [6.45, 7) is 1.75. The van der Waals surface area contributed by atoms with Crippen molar-refractivity contribution >= 4 is 23.2 Å². The lowest BCUT2D eigenvalue weighted by molar-refractivity contribution is -0.116. The Bertz CT molecular complexity index is 437. The number of amides is 1. The van der Waals surface area contributed by atoms with E-state index in [4.69, 9.17) is 22.6 Å². The molecule has 3 N–H and O–H groups in total. The first-order valence-electron chi connectivity index (χ1n) is 4.78. The van der Waals surface area contributed by atoms with Gasteiger partial charge in [-0.2, -0.15) is 5.26 Å². The molecule has 1 unspecified atom stereocenters. The van der Waals surface area contributed by atoms with Crippen LogP contribution in [-0.2, 0) is 4.79 Å². The van der Waals surface area contributed by atoms with Crippen molar-refractivity contribution in [2.45, 2.75) is 19.4 Å². The maximum Gasteiger partial charge on any atom is 0.225 e. The first kappa shape index (κ1) is 12.5. The molecule has 5 heteroatoms. The Morgan fingerprint density at radius 3 is 2.94 bits per heavy atom. The SMILES string of the molecule is CC(N)CC(=O)Nc1ccc(Cl)c(C#N)c1. The molecule has 0 aliphatic heterocycles. The van der Waals surface area contributed by atoms with E-state index in [9.17, 15) is 4.79 Å². The average Bonchev–Trinajstić information content (AvgIpc) is 2.19. The van der Waals surface area contributed by atoms with E-state index < -0.39 is 0 Å². The smallest absolute Gasteiger partial charge is 0.225 e.